The Morgan fingerprint density at radius 3 is 2.76 bits per heavy atom. The number of rotatable bonds is 3. The molecule has 0 atom stereocenters. The molecule has 1 amide bonds. The molecule has 6 nitrogen and oxygen atoms in total. The van der Waals surface area contributed by atoms with Crippen molar-refractivity contribution in [2.45, 2.75) is 0 Å². The van der Waals surface area contributed by atoms with Crippen LogP contribution in [0.1, 0.15) is 10.4 Å². The number of carbonyl (C=O) groups is 1. The molecule has 7 heteroatoms. The van der Waals surface area contributed by atoms with Gasteiger partial charge < -0.3 is 15.1 Å². The molecule has 0 spiro atoms. The minimum atomic E-state index is 0.0561. The Kier molecular flexibility index (Phi) is 4.01. The number of hydrogen-bond donors (Lipinski definition) is 1. The van der Waals surface area contributed by atoms with E-state index < -0.39 is 0 Å². The van der Waals surface area contributed by atoms with E-state index in [0.717, 1.165) is 23.9 Å². The summed E-state index contributed by atoms with van der Waals surface area (Å²) in [4.78, 5) is 25.1. The SMILES string of the molecule is CNc1cnccc1C(=O)N1CCN(c2nccs2)CC1. The van der Waals surface area contributed by atoms with Crippen LogP contribution in [0.5, 0.6) is 0 Å². The van der Waals surface area contributed by atoms with Gasteiger partial charge in [0.1, 0.15) is 0 Å². The van der Waals surface area contributed by atoms with Gasteiger partial charge in [-0.05, 0) is 6.07 Å². The molecule has 2 aromatic rings. The molecule has 1 fully saturated rings. The molecule has 0 saturated carbocycles. The fourth-order valence-corrected chi connectivity index (χ4v) is 3.12. The number of carbonyl (C=O) groups excluding carboxylic acids is 1. The maximum atomic E-state index is 12.6. The predicted octanol–water partition coefficient (Wildman–Crippen LogP) is 1.54. The molecular formula is C14H17N5OS. The zero-order valence-electron chi connectivity index (χ0n) is 11.8. The Morgan fingerprint density at radius 1 is 1.29 bits per heavy atom. The fourth-order valence-electron chi connectivity index (χ4n) is 2.42. The van der Waals surface area contributed by atoms with Crippen molar-refractivity contribution in [3.05, 3.63) is 35.6 Å². The third kappa shape index (κ3) is 2.82. The standard InChI is InChI=1S/C14H17N5OS/c1-15-12-10-16-3-2-11(12)13(20)18-5-7-19(8-6-18)14-17-4-9-21-14/h2-4,9-10,15H,5-8H2,1H3. The average molecular weight is 303 g/mol. The zero-order chi connectivity index (χ0) is 14.7. The minimum absolute atomic E-state index is 0.0561. The number of anilines is 2. The van der Waals surface area contributed by atoms with Gasteiger partial charge in [0.2, 0.25) is 0 Å². The highest BCUT2D eigenvalue weighted by molar-refractivity contribution is 7.13. The summed E-state index contributed by atoms with van der Waals surface area (Å²) in [6, 6.07) is 1.77. The second-order valence-corrected chi connectivity index (χ2v) is 5.64. The van der Waals surface area contributed by atoms with Crippen molar-refractivity contribution in [3.8, 4) is 0 Å². The number of nitrogens with zero attached hydrogens (tertiary/aromatic N) is 4. The van der Waals surface area contributed by atoms with Crippen molar-refractivity contribution in [3.63, 3.8) is 0 Å². The normalized spacial score (nSPS) is 15.1. The van der Waals surface area contributed by atoms with Crippen LogP contribution in [-0.2, 0) is 0 Å². The number of thiazole rings is 1. The molecular weight excluding hydrogens is 286 g/mol. The van der Waals surface area contributed by atoms with Crippen molar-refractivity contribution in [1.29, 1.82) is 0 Å². The van der Waals surface area contributed by atoms with Crippen molar-refractivity contribution in [1.82, 2.24) is 14.9 Å². The maximum Gasteiger partial charge on any atom is 0.256 e. The minimum Gasteiger partial charge on any atom is -0.386 e. The first-order valence-electron chi connectivity index (χ1n) is 6.85. The predicted molar refractivity (Wildman–Crippen MR) is 84.0 cm³/mol. The van der Waals surface area contributed by atoms with Gasteiger partial charge in [-0.1, -0.05) is 0 Å². The maximum absolute atomic E-state index is 12.6. The van der Waals surface area contributed by atoms with E-state index >= 15 is 0 Å². The molecule has 110 valence electrons. The lowest BCUT2D eigenvalue weighted by Gasteiger charge is -2.34. The highest BCUT2D eigenvalue weighted by atomic mass is 32.1. The molecule has 0 aromatic carbocycles. The van der Waals surface area contributed by atoms with Gasteiger partial charge in [-0.2, -0.15) is 0 Å². The lowest BCUT2D eigenvalue weighted by Crippen LogP contribution is -2.48. The van der Waals surface area contributed by atoms with E-state index in [0.29, 0.717) is 18.7 Å². The number of aromatic nitrogens is 2. The van der Waals surface area contributed by atoms with Crippen LogP contribution in [0.2, 0.25) is 0 Å². The van der Waals surface area contributed by atoms with Crippen LogP contribution in [0.15, 0.2) is 30.0 Å². The topological polar surface area (TPSA) is 61.4 Å². The van der Waals surface area contributed by atoms with Crippen molar-refractivity contribution < 1.29 is 4.79 Å². The van der Waals surface area contributed by atoms with E-state index in [4.69, 9.17) is 0 Å². The van der Waals surface area contributed by atoms with Crippen molar-refractivity contribution in [2.75, 3.05) is 43.4 Å². The van der Waals surface area contributed by atoms with E-state index in [1.807, 2.05) is 16.5 Å². The summed E-state index contributed by atoms with van der Waals surface area (Å²) in [6.07, 6.45) is 5.15. The summed E-state index contributed by atoms with van der Waals surface area (Å²) in [5.74, 6) is 0.0561. The molecule has 0 unspecified atom stereocenters. The first-order valence-corrected chi connectivity index (χ1v) is 7.73. The summed E-state index contributed by atoms with van der Waals surface area (Å²) in [6.45, 7) is 3.06. The molecule has 3 heterocycles. The fraction of sp³-hybridized carbons (Fsp3) is 0.357. The largest absolute Gasteiger partial charge is 0.386 e. The van der Waals surface area contributed by atoms with Crippen LogP contribution < -0.4 is 10.2 Å². The van der Waals surface area contributed by atoms with Gasteiger partial charge in [0, 0.05) is 51.0 Å². The molecule has 0 radical (unpaired) electrons. The molecule has 1 N–H and O–H groups in total. The van der Waals surface area contributed by atoms with Gasteiger partial charge in [-0.3, -0.25) is 9.78 Å². The quantitative estimate of drug-likeness (QED) is 0.932. The van der Waals surface area contributed by atoms with Crippen LogP contribution in [0.25, 0.3) is 0 Å². The van der Waals surface area contributed by atoms with E-state index in [1.54, 1.807) is 36.8 Å². The first-order chi connectivity index (χ1) is 10.3. The van der Waals surface area contributed by atoms with Crippen LogP contribution in [0.4, 0.5) is 10.8 Å². The van der Waals surface area contributed by atoms with E-state index in [9.17, 15) is 4.79 Å². The van der Waals surface area contributed by atoms with Crippen molar-refractivity contribution >= 4 is 28.1 Å². The Morgan fingerprint density at radius 2 is 2.10 bits per heavy atom. The number of pyridine rings is 1. The Hall–Kier alpha value is -2.15. The lowest BCUT2D eigenvalue weighted by atomic mass is 10.2. The third-order valence-corrected chi connectivity index (χ3v) is 4.41. The average Bonchev–Trinajstić information content (AvgIpc) is 3.09. The summed E-state index contributed by atoms with van der Waals surface area (Å²) < 4.78 is 0. The number of nitrogens with one attached hydrogen (secondary N) is 1. The molecule has 1 aliphatic rings. The number of piperazine rings is 1. The van der Waals surface area contributed by atoms with Gasteiger partial charge in [-0.15, -0.1) is 11.3 Å². The third-order valence-electron chi connectivity index (χ3n) is 3.58. The molecule has 1 saturated heterocycles. The first kappa shape index (κ1) is 13.8. The Labute approximate surface area is 127 Å². The molecule has 3 rings (SSSR count). The van der Waals surface area contributed by atoms with E-state index in [1.165, 1.54) is 0 Å². The second-order valence-electron chi connectivity index (χ2n) is 4.77. The molecule has 21 heavy (non-hydrogen) atoms. The van der Waals surface area contributed by atoms with Gasteiger partial charge in [0.15, 0.2) is 5.13 Å². The van der Waals surface area contributed by atoms with Crippen LogP contribution in [-0.4, -0.2) is 54.0 Å². The van der Waals surface area contributed by atoms with Crippen LogP contribution in [0, 0.1) is 0 Å². The highest BCUT2D eigenvalue weighted by Crippen LogP contribution is 2.21. The molecule has 0 aliphatic carbocycles. The van der Waals surface area contributed by atoms with Crippen LogP contribution in [0.3, 0.4) is 0 Å². The molecule has 0 bridgehead atoms. The van der Waals surface area contributed by atoms with Gasteiger partial charge >= 0.3 is 0 Å². The monoisotopic (exact) mass is 303 g/mol. The van der Waals surface area contributed by atoms with Gasteiger partial charge in [0.05, 0.1) is 17.4 Å². The van der Waals surface area contributed by atoms with E-state index in [2.05, 4.69) is 20.2 Å². The second kappa shape index (κ2) is 6.09. The van der Waals surface area contributed by atoms with Crippen molar-refractivity contribution in [2.24, 2.45) is 0 Å². The Bertz CT molecular complexity index is 608. The van der Waals surface area contributed by atoms with Gasteiger partial charge in [-0.25, -0.2) is 4.98 Å². The number of amides is 1. The smallest absolute Gasteiger partial charge is 0.256 e. The zero-order valence-corrected chi connectivity index (χ0v) is 12.6. The summed E-state index contributed by atoms with van der Waals surface area (Å²) >= 11 is 1.63. The molecule has 2 aromatic heterocycles. The summed E-state index contributed by atoms with van der Waals surface area (Å²) in [5.41, 5.74) is 1.44. The highest BCUT2D eigenvalue weighted by Gasteiger charge is 2.24. The van der Waals surface area contributed by atoms with E-state index in [-0.39, 0.29) is 5.91 Å². The van der Waals surface area contributed by atoms with Crippen LogP contribution >= 0.6 is 11.3 Å². The summed E-state index contributed by atoms with van der Waals surface area (Å²) in [7, 11) is 1.80. The lowest BCUT2D eigenvalue weighted by molar-refractivity contribution is 0.0747. The van der Waals surface area contributed by atoms with Gasteiger partial charge in [0.25, 0.3) is 5.91 Å². The number of hydrogen-bond acceptors (Lipinski definition) is 6. The summed E-state index contributed by atoms with van der Waals surface area (Å²) in [5, 5.41) is 6.02. The Balaban J connectivity index is 1.68. The molecule has 1 aliphatic heterocycles.